The molecule has 8 N–H and O–H groups in total. The number of benzene rings is 2. The lowest BCUT2D eigenvalue weighted by atomic mass is 10.1. The number of aromatic nitrogens is 10. The fraction of sp³-hybridized carbons (Fsp3) is 0.262. The Bertz CT molecular complexity index is 3010. The number of hydrogen-bond donors (Lipinski definition) is 5. The van der Waals surface area contributed by atoms with Crippen LogP contribution in [0.25, 0.3) is 22.1 Å². The molecule has 0 saturated heterocycles. The van der Waals surface area contributed by atoms with Crippen LogP contribution in [0.2, 0.25) is 0 Å². The molecule has 0 spiro atoms. The first-order chi connectivity index (χ1) is 30.3. The summed E-state index contributed by atoms with van der Waals surface area (Å²) in [7, 11) is 1.45. The number of amides is 4. The molecule has 0 aliphatic carbocycles. The summed E-state index contributed by atoms with van der Waals surface area (Å²) in [5.74, 6) is 4.45. The van der Waals surface area contributed by atoms with Crippen molar-refractivity contribution in [2.24, 2.45) is 11.5 Å². The number of hydrogen-bond acceptors (Lipinski definition) is 12. The van der Waals surface area contributed by atoms with Gasteiger partial charge in [-0.15, -0.1) is 0 Å². The highest BCUT2D eigenvalue weighted by Crippen LogP contribution is 2.33. The highest BCUT2D eigenvalue weighted by Gasteiger charge is 2.23. The largest absolute Gasteiger partial charge is 0.494 e. The van der Waals surface area contributed by atoms with Gasteiger partial charge in [-0.1, -0.05) is 24.0 Å². The summed E-state index contributed by atoms with van der Waals surface area (Å²) in [5, 5.41) is 18.7. The minimum Gasteiger partial charge on any atom is -0.494 e. The van der Waals surface area contributed by atoms with Gasteiger partial charge in [0, 0.05) is 43.5 Å². The maximum atomic E-state index is 13.8. The normalized spacial score (nSPS) is 11.3. The summed E-state index contributed by atoms with van der Waals surface area (Å²) in [6, 6.07) is 9.38. The standard InChI is InChI=1S/C42H45N15O6/c1-6-56-31(16-24(3)51-56)39(60)49-41-47-29-18-26(37(44)58)20-33(62-5)35(29)54(41)13-8-9-14-55-36-30(48-42(55)50-40(61)32-17-25(4)52-57(32)7-2)19-27(38(45)59)21-34(36)63-15-11-10-12-53-23-28(43)22-46-53/h8-9,16-23H,6-7,12-15,43H2,1-5H3,(H2,44,58)(H2,45,59)(H,47,49,60)(H,48,50,61)/b9-8+. The molecule has 4 amide bonds. The minimum atomic E-state index is -0.713. The lowest BCUT2D eigenvalue weighted by Crippen LogP contribution is -2.20. The number of aryl methyl sites for hydroxylation is 4. The molecule has 0 saturated carbocycles. The van der Waals surface area contributed by atoms with Crippen molar-refractivity contribution in [2.75, 3.05) is 30.1 Å². The summed E-state index contributed by atoms with van der Waals surface area (Å²) in [6.07, 6.45) is 6.80. The molecule has 5 heterocycles. The molecule has 7 rings (SSSR count). The predicted octanol–water partition coefficient (Wildman–Crippen LogP) is 3.26. The second-order valence-electron chi connectivity index (χ2n) is 14.2. The van der Waals surface area contributed by atoms with Gasteiger partial charge in [0.1, 0.15) is 47.1 Å². The number of methoxy groups -OCH3 is 1. The van der Waals surface area contributed by atoms with E-state index in [1.807, 2.05) is 26.0 Å². The molecule has 0 atom stereocenters. The van der Waals surface area contributed by atoms with E-state index in [0.29, 0.717) is 69.4 Å². The maximum Gasteiger partial charge on any atom is 0.276 e. The molecule has 0 aliphatic heterocycles. The van der Waals surface area contributed by atoms with Crippen molar-refractivity contribution in [2.45, 2.75) is 60.4 Å². The van der Waals surface area contributed by atoms with E-state index < -0.39 is 23.6 Å². The van der Waals surface area contributed by atoms with Gasteiger partial charge in [-0.3, -0.25) is 43.9 Å². The van der Waals surface area contributed by atoms with Crippen LogP contribution >= 0.6 is 0 Å². The molecule has 2 aromatic carbocycles. The van der Waals surface area contributed by atoms with E-state index in [4.69, 9.17) is 31.7 Å². The Kier molecular flexibility index (Phi) is 12.2. The van der Waals surface area contributed by atoms with E-state index >= 15 is 0 Å². The highest BCUT2D eigenvalue weighted by atomic mass is 16.5. The zero-order valence-corrected chi connectivity index (χ0v) is 35.2. The van der Waals surface area contributed by atoms with Gasteiger partial charge in [0.2, 0.25) is 23.7 Å². The van der Waals surface area contributed by atoms with Gasteiger partial charge < -0.3 is 35.8 Å². The molecule has 0 radical (unpaired) electrons. The lowest BCUT2D eigenvalue weighted by molar-refractivity contribution is 0.0991. The third-order valence-corrected chi connectivity index (χ3v) is 9.78. The van der Waals surface area contributed by atoms with Crippen molar-refractivity contribution in [1.29, 1.82) is 0 Å². The number of nitrogens with one attached hydrogen (secondary N) is 2. The number of anilines is 3. The molecule has 7 aromatic rings. The summed E-state index contributed by atoms with van der Waals surface area (Å²) in [5.41, 5.74) is 21.5. The number of carbonyl (C=O) groups is 4. The van der Waals surface area contributed by atoms with Crippen LogP contribution in [0.4, 0.5) is 17.6 Å². The van der Waals surface area contributed by atoms with Gasteiger partial charge >= 0.3 is 0 Å². The predicted molar refractivity (Wildman–Crippen MR) is 233 cm³/mol. The molecule has 0 aliphatic rings. The second-order valence-corrected chi connectivity index (χ2v) is 14.2. The van der Waals surface area contributed by atoms with Crippen LogP contribution in [0.1, 0.15) is 66.9 Å². The summed E-state index contributed by atoms with van der Waals surface area (Å²) < 4.78 is 20.0. The fourth-order valence-electron chi connectivity index (χ4n) is 6.95. The smallest absolute Gasteiger partial charge is 0.276 e. The Labute approximate surface area is 359 Å². The average Bonchev–Trinajstić information content (AvgIpc) is 4.09. The van der Waals surface area contributed by atoms with Crippen molar-refractivity contribution in [3.8, 4) is 23.3 Å². The zero-order chi connectivity index (χ0) is 44.9. The van der Waals surface area contributed by atoms with Gasteiger partial charge in [0.05, 0.1) is 41.4 Å². The first kappa shape index (κ1) is 42.7. The Morgan fingerprint density at radius 1 is 0.746 bits per heavy atom. The number of nitrogen functional groups attached to an aromatic ring is 1. The molecule has 5 aromatic heterocycles. The first-order valence-electron chi connectivity index (χ1n) is 19.7. The van der Waals surface area contributed by atoms with Crippen LogP contribution in [-0.2, 0) is 32.7 Å². The van der Waals surface area contributed by atoms with Crippen molar-refractivity contribution >= 4 is 63.3 Å². The maximum absolute atomic E-state index is 13.8. The third kappa shape index (κ3) is 9.04. The van der Waals surface area contributed by atoms with Gasteiger partial charge in [-0.05, 0) is 64.1 Å². The van der Waals surface area contributed by atoms with Crippen molar-refractivity contribution in [1.82, 2.24) is 48.4 Å². The van der Waals surface area contributed by atoms with E-state index in [-0.39, 0.29) is 55.0 Å². The van der Waals surface area contributed by atoms with Gasteiger partial charge in [0.15, 0.2) is 0 Å². The summed E-state index contributed by atoms with van der Waals surface area (Å²) in [4.78, 5) is 61.6. The monoisotopic (exact) mass is 855 g/mol. The van der Waals surface area contributed by atoms with E-state index in [9.17, 15) is 19.2 Å². The Balaban J connectivity index is 1.27. The van der Waals surface area contributed by atoms with E-state index in [2.05, 4.69) is 42.8 Å². The Morgan fingerprint density at radius 3 is 1.71 bits per heavy atom. The SMILES string of the molecule is CCn1nc(C)cc1C(=O)Nc1nc2cc(C(N)=O)cc(OC)c2n1C/C=C/Cn1c(NC(=O)c2cc(C)nn2CC)nc2cc(C(N)=O)cc(OCC#CCn3cc(N)cn3)c21. The first-order valence-corrected chi connectivity index (χ1v) is 19.7. The summed E-state index contributed by atoms with van der Waals surface area (Å²) in [6.45, 7) is 8.69. The third-order valence-electron chi connectivity index (χ3n) is 9.78. The van der Waals surface area contributed by atoms with E-state index in [0.717, 1.165) is 0 Å². The topological polar surface area (TPSA) is 278 Å². The van der Waals surface area contributed by atoms with Crippen LogP contribution in [-0.4, -0.2) is 85.8 Å². The number of rotatable bonds is 16. The van der Waals surface area contributed by atoms with Crippen molar-refractivity contribution < 1.29 is 28.7 Å². The van der Waals surface area contributed by atoms with Gasteiger partial charge in [0.25, 0.3) is 11.8 Å². The lowest BCUT2D eigenvalue weighted by Gasteiger charge is -2.13. The minimum absolute atomic E-state index is 0.0775. The van der Waals surface area contributed by atoms with Crippen LogP contribution in [0.3, 0.4) is 0 Å². The number of fused-ring (bicyclic) bond motifs is 2. The van der Waals surface area contributed by atoms with Crippen molar-refractivity contribution in [3.05, 3.63) is 94.8 Å². The van der Waals surface area contributed by atoms with Gasteiger partial charge in [-0.25, -0.2) is 9.97 Å². The molecule has 63 heavy (non-hydrogen) atoms. The average molecular weight is 856 g/mol. The molecule has 0 bridgehead atoms. The zero-order valence-electron chi connectivity index (χ0n) is 35.2. The Morgan fingerprint density at radius 2 is 1.25 bits per heavy atom. The van der Waals surface area contributed by atoms with Crippen LogP contribution in [0.15, 0.2) is 60.9 Å². The second kappa shape index (κ2) is 18.1. The molecule has 324 valence electrons. The van der Waals surface area contributed by atoms with Crippen molar-refractivity contribution in [3.63, 3.8) is 0 Å². The molecule has 21 nitrogen and oxygen atoms in total. The number of allylic oxidation sites excluding steroid dienone is 2. The number of nitrogens with zero attached hydrogens (tertiary/aromatic N) is 10. The number of ether oxygens (including phenoxy) is 2. The Hall–Kier alpha value is -8.41. The number of carbonyl (C=O) groups excluding carboxylic acids is 4. The number of primary amides is 2. The molecular weight excluding hydrogens is 811 g/mol. The van der Waals surface area contributed by atoms with Gasteiger partial charge in [-0.2, -0.15) is 15.3 Å². The number of imidazole rings is 2. The molecule has 0 unspecified atom stereocenters. The molecule has 0 fully saturated rings. The highest BCUT2D eigenvalue weighted by molar-refractivity contribution is 6.05. The van der Waals surface area contributed by atoms with Crippen LogP contribution in [0.5, 0.6) is 11.5 Å². The van der Waals surface area contributed by atoms with Crippen LogP contribution < -0.4 is 37.3 Å². The van der Waals surface area contributed by atoms with E-state index in [1.54, 1.807) is 55.4 Å². The number of nitrogens with two attached hydrogens (primary N) is 3. The molecular formula is C42H45N15O6. The fourth-order valence-corrected chi connectivity index (χ4v) is 6.95. The van der Waals surface area contributed by atoms with E-state index in [1.165, 1.54) is 37.6 Å². The van der Waals surface area contributed by atoms with Crippen LogP contribution in [0, 0.1) is 25.7 Å². The molecule has 21 heteroatoms. The summed E-state index contributed by atoms with van der Waals surface area (Å²) >= 11 is 0. The quantitative estimate of drug-likeness (QED) is 0.0692.